The van der Waals surface area contributed by atoms with Gasteiger partial charge in [-0.1, -0.05) is 35.3 Å². The van der Waals surface area contributed by atoms with Crippen LogP contribution in [0.15, 0.2) is 36.4 Å². The number of carbonyl (C=O) groups excluding carboxylic acids is 1. The summed E-state index contributed by atoms with van der Waals surface area (Å²) < 4.78 is 5.48. The van der Waals surface area contributed by atoms with Crippen molar-refractivity contribution in [3.63, 3.8) is 0 Å². The highest BCUT2D eigenvalue weighted by atomic mass is 35.5. The quantitative estimate of drug-likeness (QED) is 0.760. The second-order valence-corrected chi connectivity index (χ2v) is 5.91. The lowest BCUT2D eigenvalue weighted by atomic mass is 10.0. The van der Waals surface area contributed by atoms with Crippen molar-refractivity contribution in [3.8, 4) is 5.75 Å². The topological polar surface area (TPSA) is 26.3 Å². The highest BCUT2D eigenvalue weighted by molar-refractivity contribution is 6.42. The summed E-state index contributed by atoms with van der Waals surface area (Å²) >= 11 is 11.8. The molecule has 0 bridgehead atoms. The fourth-order valence-electron chi connectivity index (χ4n) is 2.47. The van der Waals surface area contributed by atoms with E-state index in [2.05, 4.69) is 6.07 Å². The van der Waals surface area contributed by atoms with E-state index in [-0.39, 0.29) is 5.78 Å². The Labute approximate surface area is 133 Å². The Kier molecular flexibility index (Phi) is 4.18. The smallest absolute Gasteiger partial charge is 0.163 e. The van der Waals surface area contributed by atoms with E-state index in [1.165, 1.54) is 5.56 Å². The van der Waals surface area contributed by atoms with Gasteiger partial charge in [0.2, 0.25) is 0 Å². The van der Waals surface area contributed by atoms with Gasteiger partial charge in [-0.25, -0.2) is 0 Å². The highest BCUT2D eigenvalue weighted by Crippen LogP contribution is 2.27. The zero-order valence-electron chi connectivity index (χ0n) is 11.4. The van der Waals surface area contributed by atoms with E-state index < -0.39 is 0 Å². The Morgan fingerprint density at radius 1 is 1.10 bits per heavy atom. The molecule has 108 valence electrons. The molecule has 0 aromatic heterocycles. The van der Waals surface area contributed by atoms with Crippen LogP contribution in [-0.2, 0) is 12.8 Å². The molecule has 2 aromatic rings. The molecule has 4 heteroatoms. The SMILES string of the molecule is O=C(CCc1ccc2c(c1)CCO2)c1ccc(Cl)c(Cl)c1. The number of rotatable bonds is 4. The molecular formula is C17H14Cl2O2. The minimum Gasteiger partial charge on any atom is -0.493 e. The molecule has 0 aliphatic carbocycles. The van der Waals surface area contributed by atoms with Crippen molar-refractivity contribution in [2.45, 2.75) is 19.3 Å². The number of fused-ring (bicyclic) bond motifs is 1. The molecule has 1 aliphatic heterocycles. The first kappa shape index (κ1) is 14.4. The summed E-state index contributed by atoms with van der Waals surface area (Å²) in [6.07, 6.45) is 2.12. The van der Waals surface area contributed by atoms with E-state index in [0.717, 1.165) is 24.3 Å². The molecule has 21 heavy (non-hydrogen) atoms. The highest BCUT2D eigenvalue weighted by Gasteiger charge is 2.13. The number of aryl methyl sites for hydroxylation is 1. The molecule has 1 heterocycles. The van der Waals surface area contributed by atoms with E-state index in [4.69, 9.17) is 27.9 Å². The third-order valence-corrected chi connectivity index (χ3v) is 4.38. The van der Waals surface area contributed by atoms with Crippen LogP contribution in [-0.4, -0.2) is 12.4 Å². The summed E-state index contributed by atoms with van der Waals surface area (Å²) in [7, 11) is 0. The third kappa shape index (κ3) is 3.22. The van der Waals surface area contributed by atoms with Crippen molar-refractivity contribution < 1.29 is 9.53 Å². The average Bonchev–Trinajstić information content (AvgIpc) is 2.95. The number of carbonyl (C=O) groups is 1. The molecule has 3 rings (SSSR count). The monoisotopic (exact) mass is 320 g/mol. The summed E-state index contributed by atoms with van der Waals surface area (Å²) in [5.74, 6) is 1.04. The number of benzene rings is 2. The molecule has 0 unspecified atom stereocenters. The van der Waals surface area contributed by atoms with Crippen LogP contribution in [0.5, 0.6) is 5.75 Å². The third-order valence-electron chi connectivity index (χ3n) is 3.64. The Bertz CT molecular complexity index is 695. The van der Waals surface area contributed by atoms with Gasteiger partial charge in [-0.3, -0.25) is 4.79 Å². The van der Waals surface area contributed by atoms with Gasteiger partial charge in [0.25, 0.3) is 0 Å². The van der Waals surface area contributed by atoms with E-state index in [1.807, 2.05) is 12.1 Å². The van der Waals surface area contributed by atoms with Crippen molar-refractivity contribution in [1.29, 1.82) is 0 Å². The van der Waals surface area contributed by atoms with Crippen molar-refractivity contribution in [3.05, 3.63) is 63.1 Å². The molecule has 0 fully saturated rings. The van der Waals surface area contributed by atoms with Crippen LogP contribution in [0.2, 0.25) is 10.0 Å². The maximum absolute atomic E-state index is 12.2. The molecular weight excluding hydrogens is 307 g/mol. The van der Waals surface area contributed by atoms with Gasteiger partial charge in [0.05, 0.1) is 16.7 Å². The van der Waals surface area contributed by atoms with Crippen LogP contribution in [0.3, 0.4) is 0 Å². The van der Waals surface area contributed by atoms with Crippen LogP contribution < -0.4 is 4.74 Å². The summed E-state index contributed by atoms with van der Waals surface area (Å²) in [6, 6.07) is 11.1. The number of Topliss-reactive ketones (excluding diaryl/α,β-unsaturated/α-hetero) is 1. The fraction of sp³-hybridized carbons (Fsp3) is 0.235. The largest absolute Gasteiger partial charge is 0.493 e. The summed E-state index contributed by atoms with van der Waals surface area (Å²) in [6.45, 7) is 0.751. The average molecular weight is 321 g/mol. The molecule has 0 N–H and O–H groups in total. The maximum atomic E-state index is 12.2. The minimum absolute atomic E-state index is 0.0744. The first-order valence-electron chi connectivity index (χ1n) is 6.86. The lowest BCUT2D eigenvalue weighted by Gasteiger charge is -2.05. The number of hydrogen-bond acceptors (Lipinski definition) is 2. The van der Waals surface area contributed by atoms with Crippen molar-refractivity contribution in [2.75, 3.05) is 6.61 Å². The van der Waals surface area contributed by atoms with Crippen LogP contribution in [0.1, 0.15) is 27.9 Å². The van der Waals surface area contributed by atoms with E-state index in [1.54, 1.807) is 18.2 Å². The van der Waals surface area contributed by atoms with Crippen LogP contribution in [0, 0.1) is 0 Å². The standard InChI is InChI=1S/C17H14Cl2O2/c18-14-4-3-12(10-15(14)19)16(20)5-1-11-2-6-17-13(9-11)7-8-21-17/h2-4,6,9-10H,1,5,7-8H2. The van der Waals surface area contributed by atoms with Crippen molar-refractivity contribution in [1.82, 2.24) is 0 Å². The van der Waals surface area contributed by atoms with Gasteiger partial charge in [-0.15, -0.1) is 0 Å². The maximum Gasteiger partial charge on any atom is 0.163 e. The minimum atomic E-state index is 0.0744. The van der Waals surface area contributed by atoms with Gasteiger partial charge in [-0.2, -0.15) is 0 Å². The second-order valence-electron chi connectivity index (χ2n) is 5.09. The fourth-order valence-corrected chi connectivity index (χ4v) is 2.77. The Morgan fingerprint density at radius 2 is 1.95 bits per heavy atom. The van der Waals surface area contributed by atoms with Crippen molar-refractivity contribution in [2.24, 2.45) is 0 Å². The molecule has 2 nitrogen and oxygen atoms in total. The molecule has 0 saturated heterocycles. The summed E-state index contributed by atoms with van der Waals surface area (Å²) in [5, 5.41) is 0.879. The molecule has 0 amide bonds. The molecule has 1 aliphatic rings. The van der Waals surface area contributed by atoms with Gasteiger partial charge in [-0.05, 0) is 41.8 Å². The van der Waals surface area contributed by atoms with Crippen LogP contribution in [0.25, 0.3) is 0 Å². The number of hydrogen-bond donors (Lipinski definition) is 0. The van der Waals surface area contributed by atoms with Crippen molar-refractivity contribution >= 4 is 29.0 Å². The van der Waals surface area contributed by atoms with Gasteiger partial charge in [0.15, 0.2) is 5.78 Å². The normalized spacial score (nSPS) is 12.9. The lowest BCUT2D eigenvalue weighted by molar-refractivity contribution is 0.0983. The van der Waals surface area contributed by atoms with E-state index in [9.17, 15) is 4.79 Å². The van der Waals surface area contributed by atoms with Gasteiger partial charge < -0.3 is 4.74 Å². The molecule has 0 atom stereocenters. The van der Waals surface area contributed by atoms with Crippen LogP contribution in [0.4, 0.5) is 0 Å². The molecule has 0 saturated carbocycles. The molecule has 0 radical (unpaired) electrons. The number of halogens is 2. The van der Waals surface area contributed by atoms with Gasteiger partial charge in [0, 0.05) is 18.4 Å². The summed E-state index contributed by atoms with van der Waals surface area (Å²) in [4.78, 5) is 12.2. The second kappa shape index (κ2) is 6.08. The Morgan fingerprint density at radius 3 is 2.76 bits per heavy atom. The molecule has 2 aromatic carbocycles. The first-order chi connectivity index (χ1) is 10.1. The lowest BCUT2D eigenvalue weighted by Crippen LogP contribution is -2.01. The Hall–Kier alpha value is -1.51. The zero-order chi connectivity index (χ0) is 14.8. The summed E-state index contributed by atoms with van der Waals surface area (Å²) in [5.41, 5.74) is 3.00. The predicted octanol–water partition coefficient (Wildman–Crippen LogP) is 4.74. The van der Waals surface area contributed by atoms with Crippen LogP contribution >= 0.6 is 23.2 Å². The van der Waals surface area contributed by atoms with E-state index >= 15 is 0 Å². The molecule has 0 spiro atoms. The predicted molar refractivity (Wildman–Crippen MR) is 84.8 cm³/mol. The van der Waals surface area contributed by atoms with Gasteiger partial charge >= 0.3 is 0 Å². The Balaban J connectivity index is 1.67. The van der Waals surface area contributed by atoms with Gasteiger partial charge in [0.1, 0.15) is 5.75 Å². The first-order valence-corrected chi connectivity index (χ1v) is 7.62. The zero-order valence-corrected chi connectivity index (χ0v) is 12.9. The number of ether oxygens (including phenoxy) is 1. The van der Waals surface area contributed by atoms with E-state index in [0.29, 0.717) is 28.5 Å². The number of ketones is 1.